The topological polar surface area (TPSA) is 101 Å². The normalized spacial score (nSPS) is 15.4. The first kappa shape index (κ1) is 11.2. The maximum Gasteiger partial charge on any atom is 0.256 e. The average molecular weight is 254 g/mol. The fourth-order valence-electron chi connectivity index (χ4n) is 1.99. The van der Waals surface area contributed by atoms with Crippen molar-refractivity contribution in [1.82, 2.24) is 9.97 Å². The summed E-state index contributed by atoms with van der Waals surface area (Å²) in [7, 11) is 0. The molecule has 0 unspecified atom stereocenters. The molecule has 0 radical (unpaired) electrons. The van der Waals surface area contributed by atoms with Crippen molar-refractivity contribution in [3.8, 4) is 0 Å². The lowest BCUT2D eigenvalue weighted by atomic mass is 10.0. The van der Waals surface area contributed by atoms with Crippen LogP contribution in [0.2, 0.25) is 0 Å². The molecular weight excluding hydrogens is 244 g/mol. The highest BCUT2D eigenvalue weighted by atomic mass is 16.2. The number of H-pyrrole nitrogens is 1. The molecule has 1 aromatic heterocycles. The van der Waals surface area contributed by atoms with Gasteiger partial charge in [0.1, 0.15) is 0 Å². The molecule has 1 aliphatic heterocycles. The van der Waals surface area contributed by atoms with Gasteiger partial charge in [-0.05, 0) is 24.3 Å². The van der Waals surface area contributed by atoms with E-state index in [1.807, 2.05) is 0 Å². The number of aromatic nitrogens is 2. The van der Waals surface area contributed by atoms with Crippen LogP contribution in [0.5, 0.6) is 0 Å². The van der Waals surface area contributed by atoms with Crippen molar-refractivity contribution in [2.24, 2.45) is 5.73 Å². The summed E-state index contributed by atoms with van der Waals surface area (Å²) in [5.41, 5.74) is 8.13. The number of benzene rings is 1. The Kier molecular flexibility index (Phi) is 2.42. The van der Waals surface area contributed by atoms with E-state index in [4.69, 9.17) is 5.73 Å². The smallest absolute Gasteiger partial charge is 0.256 e. The van der Waals surface area contributed by atoms with Gasteiger partial charge >= 0.3 is 0 Å². The molecule has 4 N–H and O–H groups in total. The molecule has 2 amide bonds. The van der Waals surface area contributed by atoms with E-state index in [9.17, 15) is 9.59 Å². The predicted octanol–water partition coefficient (Wildman–Crippen LogP) is 1.00. The number of carbonyl (C=O) groups is 2. The standard InChI is InChI=1S/C13H10N4O2/c14-12(18)7-1-2-11-9(3-7)10(13(19)17-11)4-8-5-15-6-16-8/h1-6H,(H2,14,18)(H,15,16)(H,17,19)/b10-4-. The number of hydrogen-bond donors (Lipinski definition) is 3. The van der Waals surface area contributed by atoms with E-state index < -0.39 is 5.91 Å². The molecule has 94 valence electrons. The summed E-state index contributed by atoms with van der Waals surface area (Å²) in [5, 5.41) is 2.73. The van der Waals surface area contributed by atoms with E-state index in [0.717, 1.165) is 0 Å². The molecular formula is C13H10N4O2. The Morgan fingerprint density at radius 2 is 2.21 bits per heavy atom. The molecule has 3 rings (SSSR count). The molecule has 0 bridgehead atoms. The van der Waals surface area contributed by atoms with Gasteiger partial charge < -0.3 is 16.0 Å². The van der Waals surface area contributed by atoms with Crippen LogP contribution in [0.25, 0.3) is 11.6 Å². The van der Waals surface area contributed by atoms with E-state index in [1.54, 1.807) is 30.5 Å². The largest absolute Gasteiger partial charge is 0.366 e. The molecule has 0 fully saturated rings. The quantitative estimate of drug-likeness (QED) is 0.697. The summed E-state index contributed by atoms with van der Waals surface area (Å²) in [6.07, 6.45) is 4.81. The fraction of sp³-hybridized carbons (Fsp3) is 0. The van der Waals surface area contributed by atoms with Gasteiger partial charge in [-0.15, -0.1) is 0 Å². The Morgan fingerprint density at radius 3 is 2.89 bits per heavy atom. The summed E-state index contributed by atoms with van der Waals surface area (Å²) in [4.78, 5) is 29.9. The van der Waals surface area contributed by atoms with Crippen LogP contribution in [0.3, 0.4) is 0 Å². The van der Waals surface area contributed by atoms with Crippen molar-refractivity contribution in [2.45, 2.75) is 0 Å². The third kappa shape index (κ3) is 1.89. The van der Waals surface area contributed by atoms with Gasteiger partial charge in [-0.3, -0.25) is 9.59 Å². The van der Waals surface area contributed by atoms with Crippen LogP contribution in [0.4, 0.5) is 5.69 Å². The minimum atomic E-state index is -0.525. The van der Waals surface area contributed by atoms with Gasteiger partial charge in [0.2, 0.25) is 5.91 Å². The van der Waals surface area contributed by atoms with E-state index in [-0.39, 0.29) is 5.91 Å². The lowest BCUT2D eigenvalue weighted by Gasteiger charge is -2.00. The summed E-state index contributed by atoms with van der Waals surface area (Å²) in [6, 6.07) is 4.86. The Morgan fingerprint density at radius 1 is 1.37 bits per heavy atom. The lowest BCUT2D eigenvalue weighted by molar-refractivity contribution is -0.110. The predicted molar refractivity (Wildman–Crippen MR) is 70.0 cm³/mol. The van der Waals surface area contributed by atoms with Crippen LogP contribution in [0.15, 0.2) is 30.7 Å². The van der Waals surface area contributed by atoms with Gasteiger partial charge in [0.05, 0.1) is 23.8 Å². The Labute approximate surface area is 108 Å². The van der Waals surface area contributed by atoms with Crippen molar-refractivity contribution >= 4 is 29.2 Å². The first-order valence-corrected chi connectivity index (χ1v) is 5.61. The molecule has 6 nitrogen and oxygen atoms in total. The second-order valence-corrected chi connectivity index (χ2v) is 4.14. The van der Waals surface area contributed by atoms with Gasteiger partial charge in [0.15, 0.2) is 0 Å². The molecule has 1 aromatic carbocycles. The van der Waals surface area contributed by atoms with E-state index in [0.29, 0.717) is 28.1 Å². The van der Waals surface area contributed by atoms with E-state index >= 15 is 0 Å². The first-order chi connectivity index (χ1) is 9.15. The van der Waals surface area contributed by atoms with Crippen LogP contribution in [0, 0.1) is 0 Å². The number of hydrogen-bond acceptors (Lipinski definition) is 3. The van der Waals surface area contributed by atoms with Gasteiger partial charge in [-0.25, -0.2) is 4.98 Å². The van der Waals surface area contributed by atoms with Crippen molar-refractivity contribution in [2.75, 3.05) is 5.32 Å². The number of fused-ring (bicyclic) bond motifs is 1. The number of nitrogens with two attached hydrogens (primary N) is 1. The highest BCUT2D eigenvalue weighted by molar-refractivity contribution is 6.35. The molecule has 0 saturated carbocycles. The first-order valence-electron chi connectivity index (χ1n) is 5.61. The maximum absolute atomic E-state index is 11.9. The van der Waals surface area contributed by atoms with Crippen LogP contribution in [-0.4, -0.2) is 21.8 Å². The number of imidazole rings is 1. The van der Waals surface area contributed by atoms with Gasteiger partial charge in [-0.1, -0.05) is 0 Å². The summed E-state index contributed by atoms with van der Waals surface area (Å²) < 4.78 is 0. The molecule has 0 saturated heterocycles. The van der Waals surface area contributed by atoms with Crippen molar-refractivity contribution in [3.63, 3.8) is 0 Å². The molecule has 1 aliphatic rings. The highest BCUT2D eigenvalue weighted by Crippen LogP contribution is 2.33. The van der Waals surface area contributed by atoms with Crippen LogP contribution < -0.4 is 11.1 Å². The minimum Gasteiger partial charge on any atom is -0.366 e. The molecule has 6 heteroatoms. The number of anilines is 1. The van der Waals surface area contributed by atoms with Crippen molar-refractivity contribution in [1.29, 1.82) is 0 Å². The summed E-state index contributed by atoms with van der Waals surface area (Å²) in [5.74, 6) is -0.741. The van der Waals surface area contributed by atoms with Gasteiger partial charge in [0.25, 0.3) is 5.91 Å². The number of nitrogens with one attached hydrogen (secondary N) is 2. The number of aromatic amines is 1. The second-order valence-electron chi connectivity index (χ2n) is 4.14. The van der Waals surface area contributed by atoms with Gasteiger partial charge in [-0.2, -0.15) is 0 Å². The molecule has 2 heterocycles. The fourth-order valence-corrected chi connectivity index (χ4v) is 1.99. The van der Waals surface area contributed by atoms with E-state index in [2.05, 4.69) is 15.3 Å². The molecule has 0 atom stereocenters. The SMILES string of the molecule is NC(=O)c1ccc2c(c1)/C(=C/c1cnc[nH]1)C(=O)N2. The second kappa shape index (κ2) is 4.09. The van der Waals surface area contributed by atoms with Crippen LogP contribution >= 0.6 is 0 Å². The Balaban J connectivity index is 2.12. The molecule has 19 heavy (non-hydrogen) atoms. The van der Waals surface area contributed by atoms with Crippen molar-refractivity contribution in [3.05, 3.63) is 47.5 Å². The maximum atomic E-state index is 11.9. The third-order valence-electron chi connectivity index (χ3n) is 2.91. The average Bonchev–Trinajstić information content (AvgIpc) is 2.98. The monoisotopic (exact) mass is 254 g/mol. The number of carbonyl (C=O) groups excluding carboxylic acids is 2. The Hall–Kier alpha value is -2.89. The number of nitrogens with zero attached hydrogens (tertiary/aromatic N) is 1. The zero-order valence-corrected chi connectivity index (χ0v) is 9.81. The number of rotatable bonds is 2. The van der Waals surface area contributed by atoms with Crippen molar-refractivity contribution < 1.29 is 9.59 Å². The Bertz CT molecular complexity index is 701. The summed E-state index contributed by atoms with van der Waals surface area (Å²) >= 11 is 0. The van der Waals surface area contributed by atoms with Gasteiger partial charge in [0, 0.05) is 16.8 Å². The lowest BCUT2D eigenvalue weighted by Crippen LogP contribution is -2.10. The van der Waals surface area contributed by atoms with E-state index in [1.165, 1.54) is 6.33 Å². The molecule has 2 aromatic rings. The summed E-state index contributed by atoms with van der Waals surface area (Å²) in [6.45, 7) is 0. The molecule has 0 spiro atoms. The van der Waals surface area contributed by atoms with Crippen LogP contribution in [0.1, 0.15) is 21.6 Å². The van der Waals surface area contributed by atoms with Crippen LogP contribution in [-0.2, 0) is 4.79 Å². The number of amides is 2. The third-order valence-corrected chi connectivity index (χ3v) is 2.91. The number of primary amides is 1. The zero-order valence-electron chi connectivity index (χ0n) is 9.81. The highest BCUT2D eigenvalue weighted by Gasteiger charge is 2.25. The zero-order chi connectivity index (χ0) is 13.4. The minimum absolute atomic E-state index is 0.216. The molecule has 0 aliphatic carbocycles.